The molecule has 1 atom stereocenters. The molecule has 3 N–H and O–H groups in total. The fourth-order valence-corrected chi connectivity index (χ4v) is 2.10. The van der Waals surface area contributed by atoms with Crippen LogP contribution in [0.1, 0.15) is 17.2 Å². The van der Waals surface area contributed by atoms with Crippen LogP contribution in [-0.4, -0.2) is 14.2 Å². The number of methoxy groups -OCH3 is 2. The molecule has 0 aliphatic rings. The maximum absolute atomic E-state index is 13.3. The molecule has 5 heteroatoms. The Balaban J connectivity index is 2.41. The predicted molar refractivity (Wildman–Crippen MR) is 75.1 cm³/mol. The zero-order valence-corrected chi connectivity index (χ0v) is 11.4. The first-order chi connectivity index (χ1) is 9.69. The Morgan fingerprint density at radius 1 is 1.00 bits per heavy atom. The van der Waals surface area contributed by atoms with E-state index in [9.17, 15) is 4.39 Å². The van der Waals surface area contributed by atoms with Crippen molar-refractivity contribution in [2.45, 2.75) is 6.04 Å². The highest BCUT2D eigenvalue weighted by Gasteiger charge is 2.15. The summed E-state index contributed by atoms with van der Waals surface area (Å²) >= 11 is 0. The summed E-state index contributed by atoms with van der Waals surface area (Å²) in [4.78, 5) is 0. The van der Waals surface area contributed by atoms with Crippen molar-refractivity contribution in [1.29, 1.82) is 0 Å². The molecule has 0 amide bonds. The van der Waals surface area contributed by atoms with Gasteiger partial charge in [-0.3, -0.25) is 5.84 Å². The van der Waals surface area contributed by atoms with Crippen molar-refractivity contribution >= 4 is 0 Å². The summed E-state index contributed by atoms with van der Waals surface area (Å²) in [6, 6.07) is 11.4. The first kappa shape index (κ1) is 14.3. The molecule has 1 unspecified atom stereocenters. The summed E-state index contributed by atoms with van der Waals surface area (Å²) in [7, 11) is 3.14. The Hall–Kier alpha value is -2.11. The maximum atomic E-state index is 13.3. The number of ether oxygens (including phenoxy) is 2. The lowest BCUT2D eigenvalue weighted by atomic mass is 9.99. The third kappa shape index (κ3) is 2.89. The standard InChI is InChI=1S/C15H17FN2O2/c1-19-13-7-6-11(9-14(13)20-2)15(18-17)10-4-3-5-12(16)8-10/h3-9,15,18H,17H2,1-2H3. The van der Waals surface area contributed by atoms with E-state index >= 15 is 0 Å². The van der Waals surface area contributed by atoms with Crippen molar-refractivity contribution in [2.75, 3.05) is 14.2 Å². The Labute approximate surface area is 117 Å². The molecule has 2 aromatic carbocycles. The van der Waals surface area contributed by atoms with Crippen molar-refractivity contribution in [3.63, 3.8) is 0 Å². The van der Waals surface area contributed by atoms with Crippen LogP contribution in [0, 0.1) is 5.82 Å². The summed E-state index contributed by atoms with van der Waals surface area (Å²) in [5.41, 5.74) is 4.28. The number of halogens is 1. The van der Waals surface area contributed by atoms with Gasteiger partial charge >= 0.3 is 0 Å². The summed E-state index contributed by atoms with van der Waals surface area (Å²) in [6.45, 7) is 0. The molecule has 0 aromatic heterocycles. The number of nitrogens with two attached hydrogens (primary N) is 1. The molecule has 20 heavy (non-hydrogen) atoms. The minimum atomic E-state index is -0.328. The quantitative estimate of drug-likeness (QED) is 0.650. The average Bonchev–Trinajstić information content (AvgIpc) is 2.48. The Morgan fingerprint density at radius 2 is 1.70 bits per heavy atom. The molecule has 0 fully saturated rings. The van der Waals surface area contributed by atoms with Crippen molar-refractivity contribution < 1.29 is 13.9 Å². The minimum Gasteiger partial charge on any atom is -0.493 e. The molecule has 0 aliphatic heterocycles. The van der Waals surface area contributed by atoms with Crippen LogP contribution >= 0.6 is 0 Å². The van der Waals surface area contributed by atoms with Gasteiger partial charge in [0.05, 0.1) is 20.3 Å². The van der Waals surface area contributed by atoms with E-state index in [2.05, 4.69) is 5.43 Å². The fourth-order valence-electron chi connectivity index (χ4n) is 2.10. The van der Waals surface area contributed by atoms with E-state index in [0.29, 0.717) is 11.5 Å². The van der Waals surface area contributed by atoms with Gasteiger partial charge in [0.15, 0.2) is 11.5 Å². The summed E-state index contributed by atoms with van der Waals surface area (Å²) in [5, 5.41) is 0. The van der Waals surface area contributed by atoms with Crippen molar-refractivity contribution in [2.24, 2.45) is 5.84 Å². The van der Waals surface area contributed by atoms with Crippen LogP contribution in [0.5, 0.6) is 11.5 Å². The molecule has 106 valence electrons. The Morgan fingerprint density at radius 3 is 2.30 bits per heavy atom. The minimum absolute atomic E-state index is 0.303. The van der Waals surface area contributed by atoms with E-state index in [0.717, 1.165) is 11.1 Å². The van der Waals surface area contributed by atoms with Crippen LogP contribution in [0.4, 0.5) is 4.39 Å². The lowest BCUT2D eigenvalue weighted by Gasteiger charge is -2.18. The monoisotopic (exact) mass is 276 g/mol. The third-order valence-electron chi connectivity index (χ3n) is 3.09. The van der Waals surface area contributed by atoms with Crippen LogP contribution < -0.4 is 20.7 Å². The molecule has 4 nitrogen and oxygen atoms in total. The Bertz CT molecular complexity index is 590. The fraction of sp³-hybridized carbons (Fsp3) is 0.200. The average molecular weight is 276 g/mol. The molecule has 0 saturated heterocycles. The molecule has 2 aromatic rings. The number of hydrazine groups is 1. The molecule has 0 spiro atoms. The van der Waals surface area contributed by atoms with Crippen LogP contribution in [0.3, 0.4) is 0 Å². The van der Waals surface area contributed by atoms with E-state index in [1.54, 1.807) is 26.4 Å². The SMILES string of the molecule is COc1ccc(C(NN)c2cccc(F)c2)cc1OC. The molecular formula is C15H17FN2O2. The molecule has 2 rings (SSSR count). The number of hydrogen-bond acceptors (Lipinski definition) is 4. The van der Waals surface area contributed by atoms with Crippen LogP contribution in [0.25, 0.3) is 0 Å². The zero-order valence-electron chi connectivity index (χ0n) is 11.4. The first-order valence-corrected chi connectivity index (χ1v) is 6.13. The molecule has 0 heterocycles. The number of rotatable bonds is 5. The first-order valence-electron chi connectivity index (χ1n) is 6.13. The number of benzene rings is 2. The van der Waals surface area contributed by atoms with E-state index in [4.69, 9.17) is 15.3 Å². The van der Waals surface area contributed by atoms with Gasteiger partial charge in [-0.2, -0.15) is 0 Å². The van der Waals surface area contributed by atoms with E-state index in [1.807, 2.05) is 18.2 Å². The lowest BCUT2D eigenvalue weighted by Crippen LogP contribution is -2.28. The van der Waals surface area contributed by atoms with Crippen molar-refractivity contribution in [3.05, 3.63) is 59.4 Å². The molecule has 0 radical (unpaired) electrons. The summed E-state index contributed by atoms with van der Waals surface area (Å²) < 4.78 is 23.8. The molecule has 0 aliphatic carbocycles. The van der Waals surface area contributed by atoms with Gasteiger partial charge in [0.1, 0.15) is 5.82 Å². The van der Waals surface area contributed by atoms with Gasteiger partial charge in [-0.05, 0) is 35.4 Å². The van der Waals surface area contributed by atoms with Crippen LogP contribution in [-0.2, 0) is 0 Å². The normalized spacial score (nSPS) is 12.0. The van der Waals surface area contributed by atoms with Gasteiger partial charge in [0, 0.05) is 0 Å². The smallest absolute Gasteiger partial charge is 0.161 e. The van der Waals surface area contributed by atoms with E-state index < -0.39 is 0 Å². The summed E-state index contributed by atoms with van der Waals surface area (Å²) in [5.74, 6) is 6.53. The van der Waals surface area contributed by atoms with Gasteiger partial charge < -0.3 is 9.47 Å². The van der Waals surface area contributed by atoms with E-state index in [1.165, 1.54) is 12.1 Å². The van der Waals surface area contributed by atoms with Crippen molar-refractivity contribution in [1.82, 2.24) is 5.43 Å². The lowest BCUT2D eigenvalue weighted by molar-refractivity contribution is 0.354. The Kier molecular flexibility index (Phi) is 4.55. The predicted octanol–water partition coefficient (Wildman–Crippen LogP) is 2.40. The van der Waals surface area contributed by atoms with Gasteiger partial charge in [-0.25, -0.2) is 9.82 Å². The van der Waals surface area contributed by atoms with Gasteiger partial charge in [-0.1, -0.05) is 18.2 Å². The van der Waals surface area contributed by atoms with Crippen LogP contribution in [0.15, 0.2) is 42.5 Å². The second kappa shape index (κ2) is 6.36. The van der Waals surface area contributed by atoms with Crippen molar-refractivity contribution in [3.8, 4) is 11.5 Å². The van der Waals surface area contributed by atoms with Gasteiger partial charge in [0.25, 0.3) is 0 Å². The number of nitrogens with one attached hydrogen (secondary N) is 1. The highest BCUT2D eigenvalue weighted by molar-refractivity contribution is 5.45. The van der Waals surface area contributed by atoms with E-state index in [-0.39, 0.29) is 11.9 Å². The second-order valence-corrected chi connectivity index (χ2v) is 4.27. The highest BCUT2D eigenvalue weighted by Crippen LogP contribution is 2.32. The number of hydrogen-bond donors (Lipinski definition) is 2. The summed E-state index contributed by atoms with van der Waals surface area (Å²) in [6.07, 6.45) is 0. The highest BCUT2D eigenvalue weighted by atomic mass is 19.1. The van der Waals surface area contributed by atoms with Crippen LogP contribution in [0.2, 0.25) is 0 Å². The maximum Gasteiger partial charge on any atom is 0.161 e. The molecular weight excluding hydrogens is 259 g/mol. The third-order valence-corrected chi connectivity index (χ3v) is 3.09. The van der Waals surface area contributed by atoms with Gasteiger partial charge in [-0.15, -0.1) is 0 Å². The zero-order chi connectivity index (χ0) is 14.5. The molecule has 0 bridgehead atoms. The van der Waals surface area contributed by atoms with Gasteiger partial charge in [0.2, 0.25) is 0 Å². The molecule has 0 saturated carbocycles. The largest absolute Gasteiger partial charge is 0.493 e. The topological polar surface area (TPSA) is 56.5 Å². The second-order valence-electron chi connectivity index (χ2n) is 4.27.